The van der Waals surface area contributed by atoms with Gasteiger partial charge in [0.15, 0.2) is 0 Å². The Kier molecular flexibility index (Phi) is 3.27. The molecule has 0 aliphatic carbocycles. The Bertz CT molecular complexity index is 375. The monoisotopic (exact) mass is 250 g/mol. The Labute approximate surface area is 104 Å². The Morgan fingerprint density at radius 3 is 1.50 bits per heavy atom. The van der Waals surface area contributed by atoms with Gasteiger partial charge in [-0.3, -0.25) is 29.0 Å². The van der Waals surface area contributed by atoms with Crippen molar-refractivity contribution in [3.8, 4) is 0 Å². The highest BCUT2D eigenvalue weighted by molar-refractivity contribution is 6.06. The summed E-state index contributed by atoms with van der Waals surface area (Å²) in [5.41, 5.74) is 0. The molecule has 0 aromatic rings. The van der Waals surface area contributed by atoms with Crippen molar-refractivity contribution in [2.24, 2.45) is 0 Å². The van der Waals surface area contributed by atoms with E-state index in [0.29, 0.717) is 0 Å². The van der Waals surface area contributed by atoms with Crippen LogP contribution in [0.4, 0.5) is 0 Å². The minimum absolute atomic E-state index is 0.142. The maximum absolute atomic E-state index is 11.7. The van der Waals surface area contributed by atoms with Gasteiger partial charge in [-0.05, 0) is 0 Å². The van der Waals surface area contributed by atoms with Crippen molar-refractivity contribution in [2.75, 3.05) is 0 Å². The fraction of sp³-hybridized carbons (Fsp3) is 0.500. The van der Waals surface area contributed by atoms with E-state index in [1.165, 1.54) is 6.08 Å². The van der Waals surface area contributed by atoms with Gasteiger partial charge in [0.05, 0.1) is 0 Å². The van der Waals surface area contributed by atoms with Gasteiger partial charge >= 0.3 is 0 Å². The van der Waals surface area contributed by atoms with Crippen molar-refractivity contribution in [2.45, 2.75) is 38.3 Å². The Balaban J connectivity index is 2.30. The zero-order chi connectivity index (χ0) is 13.3. The lowest BCUT2D eigenvalue weighted by atomic mass is 10.2. The van der Waals surface area contributed by atoms with Crippen LogP contribution in [0.1, 0.15) is 32.1 Å². The zero-order valence-electron chi connectivity index (χ0n) is 9.92. The van der Waals surface area contributed by atoms with Gasteiger partial charge < -0.3 is 0 Å². The molecule has 2 aliphatic heterocycles. The normalized spacial score (nSPS) is 20.5. The van der Waals surface area contributed by atoms with E-state index in [-0.39, 0.29) is 55.7 Å². The van der Waals surface area contributed by atoms with Gasteiger partial charge in [-0.1, -0.05) is 6.08 Å². The van der Waals surface area contributed by atoms with E-state index in [9.17, 15) is 19.2 Å². The summed E-state index contributed by atoms with van der Waals surface area (Å²) in [5.74, 6) is -1.34. The minimum Gasteiger partial charge on any atom is -0.274 e. The second-order valence-electron chi connectivity index (χ2n) is 4.32. The molecule has 0 atom stereocenters. The molecule has 0 N–H and O–H groups in total. The van der Waals surface area contributed by atoms with Crippen LogP contribution in [0, 0.1) is 0 Å². The number of rotatable bonds is 4. The molecule has 18 heavy (non-hydrogen) atoms. The fourth-order valence-electron chi connectivity index (χ4n) is 2.33. The van der Waals surface area contributed by atoms with Crippen molar-refractivity contribution >= 4 is 23.6 Å². The van der Waals surface area contributed by atoms with Crippen molar-refractivity contribution in [1.29, 1.82) is 0 Å². The van der Waals surface area contributed by atoms with Crippen LogP contribution in [-0.2, 0) is 19.2 Å². The van der Waals surface area contributed by atoms with Gasteiger partial charge in [0.2, 0.25) is 23.6 Å². The number of hydrogen-bond donors (Lipinski definition) is 0. The van der Waals surface area contributed by atoms with E-state index < -0.39 is 6.17 Å². The number of nitrogens with zero attached hydrogens (tertiary/aromatic N) is 2. The summed E-state index contributed by atoms with van der Waals surface area (Å²) < 4.78 is 0. The van der Waals surface area contributed by atoms with Gasteiger partial charge in [0.1, 0.15) is 6.17 Å². The van der Waals surface area contributed by atoms with Crippen LogP contribution in [0.3, 0.4) is 0 Å². The summed E-state index contributed by atoms with van der Waals surface area (Å²) in [6.07, 6.45) is 1.46. The molecule has 2 saturated heterocycles. The summed E-state index contributed by atoms with van der Waals surface area (Å²) in [4.78, 5) is 48.8. The number of carbonyl (C=O) groups excluding carboxylic acids is 4. The first kappa shape index (κ1) is 12.5. The van der Waals surface area contributed by atoms with E-state index in [2.05, 4.69) is 6.58 Å². The zero-order valence-corrected chi connectivity index (χ0v) is 9.92. The van der Waals surface area contributed by atoms with Crippen LogP contribution in [-0.4, -0.2) is 39.6 Å². The third kappa shape index (κ3) is 1.94. The second-order valence-corrected chi connectivity index (χ2v) is 4.32. The van der Waals surface area contributed by atoms with Crippen molar-refractivity contribution in [3.05, 3.63) is 12.7 Å². The molecule has 0 spiro atoms. The topological polar surface area (TPSA) is 74.8 Å². The van der Waals surface area contributed by atoms with E-state index in [1.54, 1.807) is 0 Å². The van der Waals surface area contributed by atoms with Crippen LogP contribution < -0.4 is 0 Å². The van der Waals surface area contributed by atoms with E-state index in [4.69, 9.17) is 0 Å². The van der Waals surface area contributed by atoms with Gasteiger partial charge in [-0.25, -0.2) is 0 Å². The lowest BCUT2D eigenvalue weighted by molar-refractivity contribution is -0.153. The van der Waals surface area contributed by atoms with E-state index in [1.807, 2.05) is 0 Å². The quantitative estimate of drug-likeness (QED) is 0.527. The highest BCUT2D eigenvalue weighted by atomic mass is 16.2. The van der Waals surface area contributed by atoms with Crippen molar-refractivity contribution in [1.82, 2.24) is 9.80 Å². The lowest BCUT2D eigenvalue weighted by Crippen LogP contribution is -2.52. The molecule has 0 bridgehead atoms. The van der Waals surface area contributed by atoms with Crippen LogP contribution >= 0.6 is 0 Å². The first-order valence-electron chi connectivity index (χ1n) is 5.87. The standard InChI is InChI=1S/C12H14N2O4/c1-2-3-8(13-9(15)4-5-10(13)16)14-11(17)6-7-12(14)18/h2,8H,1,3-7H2. The molecule has 2 fully saturated rings. The molecule has 0 radical (unpaired) electrons. The summed E-state index contributed by atoms with van der Waals surface area (Å²) in [6.45, 7) is 3.54. The molecule has 4 amide bonds. The molecule has 2 rings (SSSR count). The van der Waals surface area contributed by atoms with Gasteiger partial charge in [0.25, 0.3) is 0 Å². The predicted molar refractivity (Wildman–Crippen MR) is 60.8 cm³/mol. The smallest absolute Gasteiger partial charge is 0.231 e. The number of likely N-dealkylation sites (tertiary alicyclic amines) is 2. The fourth-order valence-corrected chi connectivity index (χ4v) is 2.33. The SMILES string of the molecule is C=CCC(N1C(=O)CCC1=O)N1C(=O)CCC1=O. The maximum atomic E-state index is 11.7. The van der Waals surface area contributed by atoms with Crippen LogP contribution in [0.25, 0.3) is 0 Å². The molecule has 96 valence electrons. The largest absolute Gasteiger partial charge is 0.274 e. The highest BCUT2D eigenvalue weighted by Gasteiger charge is 2.43. The number of hydrogen-bond acceptors (Lipinski definition) is 4. The van der Waals surface area contributed by atoms with Crippen molar-refractivity contribution < 1.29 is 19.2 Å². The minimum atomic E-state index is -0.826. The number of amides is 4. The van der Waals surface area contributed by atoms with Crippen LogP contribution in [0.15, 0.2) is 12.7 Å². The highest BCUT2D eigenvalue weighted by Crippen LogP contribution is 2.25. The molecular weight excluding hydrogens is 236 g/mol. The van der Waals surface area contributed by atoms with Gasteiger partial charge in [-0.2, -0.15) is 0 Å². The number of imide groups is 2. The van der Waals surface area contributed by atoms with Gasteiger partial charge in [0, 0.05) is 32.1 Å². The Morgan fingerprint density at radius 1 is 0.889 bits per heavy atom. The Hall–Kier alpha value is -1.98. The molecule has 2 aliphatic rings. The molecule has 0 unspecified atom stereocenters. The van der Waals surface area contributed by atoms with Crippen LogP contribution in [0.5, 0.6) is 0 Å². The molecule has 0 aromatic carbocycles. The maximum Gasteiger partial charge on any atom is 0.231 e. The molecular formula is C12H14N2O4. The predicted octanol–water partition coefficient (Wildman–Crippen LogP) is 0.187. The second kappa shape index (κ2) is 4.72. The third-order valence-electron chi connectivity index (χ3n) is 3.15. The summed E-state index contributed by atoms with van der Waals surface area (Å²) in [7, 11) is 0. The Morgan fingerprint density at radius 2 is 1.22 bits per heavy atom. The van der Waals surface area contributed by atoms with E-state index >= 15 is 0 Å². The molecule has 2 heterocycles. The summed E-state index contributed by atoms with van der Waals surface area (Å²) >= 11 is 0. The average Bonchev–Trinajstić information content (AvgIpc) is 2.82. The van der Waals surface area contributed by atoms with Crippen LogP contribution in [0.2, 0.25) is 0 Å². The summed E-state index contributed by atoms with van der Waals surface area (Å²) in [5, 5.41) is 0. The van der Waals surface area contributed by atoms with Crippen molar-refractivity contribution in [3.63, 3.8) is 0 Å². The lowest BCUT2D eigenvalue weighted by Gasteiger charge is -2.31. The number of carbonyl (C=O) groups is 4. The first-order chi connectivity index (χ1) is 8.56. The molecule has 0 aromatic heterocycles. The van der Waals surface area contributed by atoms with Gasteiger partial charge in [-0.15, -0.1) is 6.58 Å². The first-order valence-corrected chi connectivity index (χ1v) is 5.87. The summed E-state index contributed by atoms with van der Waals surface area (Å²) in [6, 6.07) is 0. The van der Waals surface area contributed by atoms with E-state index in [0.717, 1.165) is 9.80 Å². The molecule has 6 heteroatoms. The average molecular weight is 250 g/mol. The third-order valence-corrected chi connectivity index (χ3v) is 3.15. The molecule has 6 nitrogen and oxygen atoms in total. The molecule has 0 saturated carbocycles.